The zero-order valence-electron chi connectivity index (χ0n) is 8.74. The second kappa shape index (κ2) is 5.43. The third-order valence-electron chi connectivity index (χ3n) is 2.31. The Hall–Kier alpha value is -0.910. The molecule has 0 aliphatic heterocycles. The monoisotopic (exact) mass is 330 g/mol. The topological polar surface area (TPSA) is 17.8 Å². The maximum Gasteiger partial charge on any atom is 0.0912 e. The Bertz CT molecular complexity index is 468. The number of benzene rings is 1. The summed E-state index contributed by atoms with van der Waals surface area (Å²) >= 11 is 2.28. The van der Waals surface area contributed by atoms with E-state index in [9.17, 15) is 4.39 Å². The van der Waals surface area contributed by atoms with Crippen molar-refractivity contribution in [3.63, 3.8) is 0 Å². The van der Waals surface area contributed by atoms with Gasteiger partial charge in [0.25, 0.3) is 0 Å². The summed E-state index contributed by atoms with van der Waals surface area (Å²) in [5, 5.41) is 4.21. The Morgan fingerprint density at radius 1 is 1.31 bits per heavy atom. The number of hydrogen-bond donors (Lipinski definition) is 0. The molecule has 0 radical (unpaired) electrons. The lowest BCUT2D eigenvalue weighted by atomic mass is 10.1. The van der Waals surface area contributed by atoms with Crippen molar-refractivity contribution in [3.8, 4) is 11.1 Å². The van der Waals surface area contributed by atoms with Crippen molar-refractivity contribution in [2.24, 2.45) is 0 Å². The van der Waals surface area contributed by atoms with E-state index in [1.165, 1.54) is 3.57 Å². The van der Waals surface area contributed by atoms with Crippen molar-refractivity contribution < 1.29 is 4.39 Å². The Morgan fingerprint density at radius 3 is 2.94 bits per heavy atom. The maximum atomic E-state index is 12.0. The van der Waals surface area contributed by atoms with E-state index in [-0.39, 0.29) is 6.67 Å². The van der Waals surface area contributed by atoms with Crippen LogP contribution in [0.5, 0.6) is 0 Å². The summed E-state index contributed by atoms with van der Waals surface area (Å²) < 4.78 is 15.0. The average molecular weight is 330 g/mol. The third-order valence-corrected chi connectivity index (χ3v) is 2.98. The molecule has 0 N–H and O–H groups in total. The zero-order chi connectivity index (χ0) is 11.4. The smallest absolute Gasteiger partial charge is 0.0912 e. The van der Waals surface area contributed by atoms with Gasteiger partial charge in [0.15, 0.2) is 0 Å². The molecular weight excluding hydrogens is 318 g/mol. The van der Waals surface area contributed by atoms with E-state index < -0.39 is 0 Å². The van der Waals surface area contributed by atoms with Crippen molar-refractivity contribution in [2.75, 3.05) is 6.67 Å². The molecule has 0 bridgehead atoms. The van der Waals surface area contributed by atoms with Crippen LogP contribution in [0.25, 0.3) is 11.1 Å². The van der Waals surface area contributed by atoms with Gasteiger partial charge in [-0.2, -0.15) is 5.10 Å². The van der Waals surface area contributed by atoms with Crippen LogP contribution in [0.4, 0.5) is 4.39 Å². The quantitative estimate of drug-likeness (QED) is 0.785. The predicted octanol–water partition coefficient (Wildman–Crippen LogP) is 3.51. The van der Waals surface area contributed by atoms with Crippen molar-refractivity contribution in [2.45, 2.75) is 13.0 Å². The Kier molecular flexibility index (Phi) is 3.93. The van der Waals surface area contributed by atoms with Crippen LogP contribution in [0.15, 0.2) is 36.7 Å². The van der Waals surface area contributed by atoms with E-state index in [2.05, 4.69) is 45.9 Å². The first-order valence-corrected chi connectivity index (χ1v) is 6.22. The van der Waals surface area contributed by atoms with Gasteiger partial charge in [-0.3, -0.25) is 9.07 Å². The van der Waals surface area contributed by atoms with E-state index in [1.807, 2.05) is 18.5 Å². The second-order valence-corrected chi connectivity index (χ2v) is 4.79. The fourth-order valence-corrected chi connectivity index (χ4v) is 2.07. The maximum absolute atomic E-state index is 12.0. The minimum atomic E-state index is -0.293. The van der Waals surface area contributed by atoms with E-state index >= 15 is 0 Å². The summed E-state index contributed by atoms with van der Waals surface area (Å²) in [7, 11) is 0. The highest BCUT2D eigenvalue weighted by atomic mass is 127. The van der Waals surface area contributed by atoms with Crippen molar-refractivity contribution in [3.05, 3.63) is 40.2 Å². The molecule has 0 spiro atoms. The van der Waals surface area contributed by atoms with Gasteiger partial charge >= 0.3 is 0 Å². The highest BCUT2D eigenvalue weighted by Crippen LogP contribution is 2.20. The summed E-state index contributed by atoms with van der Waals surface area (Å²) in [5.41, 5.74) is 2.23. The number of halogens is 2. The van der Waals surface area contributed by atoms with Crippen molar-refractivity contribution in [1.82, 2.24) is 9.78 Å². The van der Waals surface area contributed by atoms with Crippen LogP contribution in [-0.4, -0.2) is 16.5 Å². The highest BCUT2D eigenvalue weighted by Gasteiger charge is 2.01. The Morgan fingerprint density at radius 2 is 2.19 bits per heavy atom. The van der Waals surface area contributed by atoms with Crippen LogP contribution < -0.4 is 0 Å². The first-order chi connectivity index (χ1) is 7.79. The van der Waals surface area contributed by atoms with Gasteiger partial charge in [-0.25, -0.2) is 0 Å². The average Bonchev–Trinajstić information content (AvgIpc) is 2.75. The SMILES string of the molecule is FCCCn1cc(-c2cccc(I)c2)cn1. The van der Waals surface area contributed by atoms with Gasteiger partial charge in [0.05, 0.1) is 12.9 Å². The minimum Gasteiger partial charge on any atom is -0.272 e. The molecule has 0 aliphatic carbocycles. The summed E-state index contributed by atoms with van der Waals surface area (Å²) in [6.45, 7) is 0.346. The van der Waals surface area contributed by atoms with Gasteiger partial charge in [0.2, 0.25) is 0 Å². The molecule has 2 rings (SSSR count). The van der Waals surface area contributed by atoms with E-state index in [4.69, 9.17) is 0 Å². The van der Waals surface area contributed by atoms with Gasteiger partial charge in [-0.05, 0) is 46.7 Å². The normalized spacial score (nSPS) is 10.6. The number of alkyl halides is 1. The predicted molar refractivity (Wildman–Crippen MR) is 71.0 cm³/mol. The number of aryl methyl sites for hydroxylation is 1. The lowest BCUT2D eigenvalue weighted by molar-refractivity contribution is 0.435. The molecule has 0 amide bonds. The number of hydrogen-bond acceptors (Lipinski definition) is 1. The molecular formula is C12H12FIN2. The summed E-state index contributed by atoms with van der Waals surface area (Å²) in [6.07, 6.45) is 4.30. The van der Waals surface area contributed by atoms with Gasteiger partial charge in [-0.15, -0.1) is 0 Å². The van der Waals surface area contributed by atoms with E-state index in [0.717, 1.165) is 11.1 Å². The van der Waals surface area contributed by atoms with Crippen LogP contribution in [0, 0.1) is 3.57 Å². The molecule has 2 nitrogen and oxygen atoms in total. The zero-order valence-corrected chi connectivity index (χ0v) is 10.9. The molecule has 0 unspecified atom stereocenters. The molecule has 0 fully saturated rings. The lowest BCUT2D eigenvalue weighted by Gasteiger charge is -1.98. The largest absolute Gasteiger partial charge is 0.272 e. The molecule has 0 aliphatic rings. The van der Waals surface area contributed by atoms with E-state index in [0.29, 0.717) is 13.0 Å². The van der Waals surface area contributed by atoms with E-state index in [1.54, 1.807) is 4.68 Å². The first-order valence-electron chi connectivity index (χ1n) is 5.14. The molecule has 0 saturated heterocycles. The molecule has 0 atom stereocenters. The van der Waals surface area contributed by atoms with Crippen LogP contribution >= 0.6 is 22.6 Å². The fraction of sp³-hybridized carbons (Fsp3) is 0.250. The van der Waals surface area contributed by atoms with Gasteiger partial charge in [0, 0.05) is 21.9 Å². The fourth-order valence-electron chi connectivity index (χ4n) is 1.52. The summed E-state index contributed by atoms with van der Waals surface area (Å²) in [6, 6.07) is 8.24. The third kappa shape index (κ3) is 2.81. The minimum absolute atomic E-state index is 0.293. The van der Waals surface area contributed by atoms with Gasteiger partial charge in [0.1, 0.15) is 0 Å². The molecule has 16 heavy (non-hydrogen) atoms. The second-order valence-electron chi connectivity index (χ2n) is 3.54. The van der Waals surface area contributed by atoms with Crippen molar-refractivity contribution in [1.29, 1.82) is 0 Å². The highest BCUT2D eigenvalue weighted by molar-refractivity contribution is 14.1. The lowest BCUT2D eigenvalue weighted by Crippen LogP contribution is -1.98. The molecule has 1 aromatic carbocycles. The molecule has 2 aromatic rings. The number of aromatic nitrogens is 2. The summed E-state index contributed by atoms with van der Waals surface area (Å²) in [5.74, 6) is 0. The molecule has 84 valence electrons. The standard InChI is InChI=1S/C12H12FIN2/c13-5-2-6-16-9-11(8-15-16)10-3-1-4-12(14)7-10/h1,3-4,7-9H,2,5-6H2. The van der Waals surface area contributed by atoms with Gasteiger partial charge < -0.3 is 0 Å². The van der Waals surface area contributed by atoms with Crippen LogP contribution in [0.2, 0.25) is 0 Å². The van der Waals surface area contributed by atoms with Crippen LogP contribution in [-0.2, 0) is 6.54 Å². The molecule has 1 aromatic heterocycles. The van der Waals surface area contributed by atoms with Crippen molar-refractivity contribution >= 4 is 22.6 Å². The Balaban J connectivity index is 2.18. The van der Waals surface area contributed by atoms with Crippen LogP contribution in [0.3, 0.4) is 0 Å². The number of rotatable bonds is 4. The van der Waals surface area contributed by atoms with Gasteiger partial charge in [-0.1, -0.05) is 12.1 Å². The molecule has 0 saturated carbocycles. The summed E-state index contributed by atoms with van der Waals surface area (Å²) in [4.78, 5) is 0. The number of nitrogens with zero attached hydrogens (tertiary/aromatic N) is 2. The van der Waals surface area contributed by atoms with Crippen LogP contribution in [0.1, 0.15) is 6.42 Å². The molecule has 4 heteroatoms. The Labute approximate surface area is 108 Å². The first kappa shape index (κ1) is 11.6. The molecule has 1 heterocycles.